The molecule has 0 radical (unpaired) electrons. The fourth-order valence-corrected chi connectivity index (χ4v) is 3.23. The Morgan fingerprint density at radius 2 is 2.20 bits per heavy atom. The van der Waals surface area contributed by atoms with Gasteiger partial charge in [-0.2, -0.15) is 0 Å². The van der Waals surface area contributed by atoms with E-state index in [1.807, 2.05) is 38.1 Å². The van der Waals surface area contributed by atoms with Crippen LogP contribution in [0.4, 0.5) is 5.69 Å². The first-order chi connectivity index (χ1) is 12.1. The number of hydrogen-bond donors (Lipinski definition) is 1. The molecular formula is C20H26N2O3. The van der Waals surface area contributed by atoms with Crippen molar-refractivity contribution >= 4 is 11.6 Å². The second-order valence-corrected chi connectivity index (χ2v) is 6.75. The van der Waals surface area contributed by atoms with Crippen molar-refractivity contribution in [2.45, 2.75) is 39.3 Å². The van der Waals surface area contributed by atoms with Crippen molar-refractivity contribution < 1.29 is 13.9 Å². The van der Waals surface area contributed by atoms with Gasteiger partial charge in [0.1, 0.15) is 5.76 Å². The Balaban J connectivity index is 1.62. The van der Waals surface area contributed by atoms with Crippen molar-refractivity contribution in [3.63, 3.8) is 0 Å². The van der Waals surface area contributed by atoms with E-state index < -0.39 is 0 Å². The zero-order chi connectivity index (χ0) is 17.6. The summed E-state index contributed by atoms with van der Waals surface area (Å²) in [5.41, 5.74) is 3.13. The highest BCUT2D eigenvalue weighted by molar-refractivity contribution is 5.93. The van der Waals surface area contributed by atoms with Gasteiger partial charge in [-0.3, -0.25) is 9.69 Å². The predicted molar refractivity (Wildman–Crippen MR) is 97.5 cm³/mol. The number of nitrogens with zero attached hydrogens (tertiary/aromatic N) is 1. The summed E-state index contributed by atoms with van der Waals surface area (Å²) in [7, 11) is 0. The lowest BCUT2D eigenvalue weighted by Crippen LogP contribution is -2.37. The van der Waals surface area contributed by atoms with Gasteiger partial charge in [0.2, 0.25) is 5.91 Å². The predicted octanol–water partition coefficient (Wildman–Crippen LogP) is 3.52. The Hall–Kier alpha value is -2.11. The number of ether oxygens (including phenoxy) is 1. The molecule has 0 saturated carbocycles. The van der Waals surface area contributed by atoms with E-state index in [1.165, 1.54) is 5.56 Å². The van der Waals surface area contributed by atoms with Crippen LogP contribution in [0.1, 0.15) is 29.7 Å². The molecule has 25 heavy (non-hydrogen) atoms. The molecule has 1 unspecified atom stereocenters. The van der Waals surface area contributed by atoms with Gasteiger partial charge in [-0.25, -0.2) is 0 Å². The maximum atomic E-state index is 12.5. The number of carbonyl (C=O) groups excluding carboxylic acids is 1. The number of amides is 1. The molecule has 0 spiro atoms. The van der Waals surface area contributed by atoms with Crippen LogP contribution < -0.4 is 5.32 Å². The summed E-state index contributed by atoms with van der Waals surface area (Å²) in [5.74, 6) is 0.841. The van der Waals surface area contributed by atoms with Crippen molar-refractivity contribution in [3.05, 3.63) is 53.5 Å². The van der Waals surface area contributed by atoms with Gasteiger partial charge in [-0.1, -0.05) is 17.7 Å². The molecule has 1 aromatic heterocycles. The standard InChI is InChI=1S/C20H26N2O3/c1-15-7-8-19(16(2)11-15)21-20(23)14-22(12-17-5-3-9-24-17)13-18-6-4-10-25-18/h3,5,7-9,11,18H,4,6,10,12-14H2,1-2H3,(H,21,23). The van der Waals surface area contributed by atoms with Crippen molar-refractivity contribution in [2.75, 3.05) is 25.0 Å². The van der Waals surface area contributed by atoms with Crippen LogP contribution in [0.2, 0.25) is 0 Å². The molecule has 0 aliphatic carbocycles. The smallest absolute Gasteiger partial charge is 0.238 e. The molecule has 5 heteroatoms. The molecule has 1 atom stereocenters. The number of anilines is 1. The van der Waals surface area contributed by atoms with Crippen LogP contribution in [0.5, 0.6) is 0 Å². The number of rotatable bonds is 7. The second kappa shape index (κ2) is 8.32. The fraction of sp³-hybridized carbons (Fsp3) is 0.450. The third-order valence-electron chi connectivity index (χ3n) is 4.47. The average molecular weight is 342 g/mol. The second-order valence-electron chi connectivity index (χ2n) is 6.75. The summed E-state index contributed by atoms with van der Waals surface area (Å²) in [4.78, 5) is 14.6. The molecule has 134 valence electrons. The van der Waals surface area contributed by atoms with E-state index in [2.05, 4.69) is 16.3 Å². The number of nitrogens with one attached hydrogen (secondary N) is 1. The highest BCUT2D eigenvalue weighted by Crippen LogP contribution is 2.18. The lowest BCUT2D eigenvalue weighted by atomic mass is 10.1. The lowest BCUT2D eigenvalue weighted by Gasteiger charge is -2.24. The largest absolute Gasteiger partial charge is 0.468 e. The SMILES string of the molecule is Cc1ccc(NC(=O)CN(Cc2ccco2)CC2CCCO2)c(C)c1. The van der Waals surface area contributed by atoms with Crippen LogP contribution in [0, 0.1) is 13.8 Å². The first-order valence-corrected chi connectivity index (χ1v) is 8.83. The van der Waals surface area contributed by atoms with Gasteiger partial charge < -0.3 is 14.5 Å². The molecule has 3 rings (SSSR count). The van der Waals surface area contributed by atoms with Crippen LogP contribution in [-0.4, -0.2) is 36.6 Å². The molecule has 1 N–H and O–H groups in total. The van der Waals surface area contributed by atoms with Crippen LogP contribution in [0.15, 0.2) is 41.0 Å². The number of furan rings is 1. The molecular weight excluding hydrogens is 316 g/mol. The quantitative estimate of drug-likeness (QED) is 0.836. The molecule has 0 bridgehead atoms. The summed E-state index contributed by atoms with van der Waals surface area (Å²) in [6.07, 6.45) is 4.00. The fourth-order valence-electron chi connectivity index (χ4n) is 3.23. The number of benzene rings is 1. The molecule has 1 aromatic carbocycles. The molecule has 1 fully saturated rings. The maximum absolute atomic E-state index is 12.5. The Morgan fingerprint density at radius 1 is 1.32 bits per heavy atom. The molecule has 1 aliphatic heterocycles. The zero-order valence-electron chi connectivity index (χ0n) is 15.0. The van der Waals surface area contributed by atoms with E-state index in [9.17, 15) is 4.79 Å². The van der Waals surface area contributed by atoms with Crippen molar-refractivity contribution in [1.82, 2.24) is 4.90 Å². The van der Waals surface area contributed by atoms with Gasteiger partial charge in [0.15, 0.2) is 0 Å². The molecule has 5 nitrogen and oxygen atoms in total. The van der Waals surface area contributed by atoms with E-state index >= 15 is 0 Å². The Kier molecular flexibility index (Phi) is 5.89. The maximum Gasteiger partial charge on any atom is 0.238 e. The first-order valence-electron chi connectivity index (χ1n) is 8.83. The highest BCUT2D eigenvalue weighted by Gasteiger charge is 2.22. The van der Waals surface area contributed by atoms with Gasteiger partial charge in [-0.05, 0) is 50.5 Å². The number of carbonyl (C=O) groups is 1. The molecule has 1 saturated heterocycles. The van der Waals surface area contributed by atoms with Crippen LogP contribution in [0.3, 0.4) is 0 Å². The third-order valence-corrected chi connectivity index (χ3v) is 4.47. The highest BCUT2D eigenvalue weighted by atomic mass is 16.5. The first kappa shape index (κ1) is 17.7. The monoisotopic (exact) mass is 342 g/mol. The van der Waals surface area contributed by atoms with Crippen LogP contribution in [0.25, 0.3) is 0 Å². The molecule has 1 aliphatic rings. The van der Waals surface area contributed by atoms with Gasteiger partial charge in [-0.15, -0.1) is 0 Å². The van der Waals surface area contributed by atoms with Gasteiger partial charge in [0.05, 0.1) is 25.5 Å². The zero-order valence-corrected chi connectivity index (χ0v) is 15.0. The Bertz CT molecular complexity index is 691. The number of aryl methyl sites for hydroxylation is 2. The van der Waals surface area contributed by atoms with E-state index in [1.54, 1.807) is 6.26 Å². The van der Waals surface area contributed by atoms with E-state index in [0.717, 1.165) is 43.0 Å². The van der Waals surface area contributed by atoms with E-state index in [-0.39, 0.29) is 12.0 Å². The summed E-state index contributed by atoms with van der Waals surface area (Å²) < 4.78 is 11.2. The van der Waals surface area contributed by atoms with Crippen molar-refractivity contribution in [3.8, 4) is 0 Å². The Labute approximate surface area is 149 Å². The molecule has 1 amide bonds. The van der Waals surface area contributed by atoms with Crippen LogP contribution >= 0.6 is 0 Å². The van der Waals surface area contributed by atoms with Crippen molar-refractivity contribution in [2.24, 2.45) is 0 Å². The van der Waals surface area contributed by atoms with E-state index in [4.69, 9.17) is 9.15 Å². The summed E-state index contributed by atoms with van der Waals surface area (Å²) >= 11 is 0. The summed E-state index contributed by atoms with van der Waals surface area (Å²) in [6, 6.07) is 9.84. The minimum atomic E-state index is -0.0171. The van der Waals surface area contributed by atoms with E-state index in [0.29, 0.717) is 13.1 Å². The normalized spacial score (nSPS) is 17.2. The summed E-state index contributed by atoms with van der Waals surface area (Å²) in [6.45, 7) is 6.52. The minimum Gasteiger partial charge on any atom is -0.468 e. The topological polar surface area (TPSA) is 54.7 Å². The number of hydrogen-bond acceptors (Lipinski definition) is 4. The molecule has 2 heterocycles. The third kappa shape index (κ3) is 5.18. The summed E-state index contributed by atoms with van der Waals surface area (Å²) in [5, 5.41) is 3.02. The lowest BCUT2D eigenvalue weighted by molar-refractivity contribution is -0.117. The Morgan fingerprint density at radius 3 is 2.88 bits per heavy atom. The minimum absolute atomic E-state index is 0.0171. The van der Waals surface area contributed by atoms with Crippen molar-refractivity contribution in [1.29, 1.82) is 0 Å². The van der Waals surface area contributed by atoms with Gasteiger partial charge in [0, 0.05) is 18.8 Å². The average Bonchev–Trinajstić information content (AvgIpc) is 3.24. The molecule has 2 aromatic rings. The van der Waals surface area contributed by atoms with Crippen LogP contribution in [-0.2, 0) is 16.1 Å². The van der Waals surface area contributed by atoms with Gasteiger partial charge >= 0.3 is 0 Å². The van der Waals surface area contributed by atoms with Gasteiger partial charge in [0.25, 0.3) is 0 Å².